The third-order valence-corrected chi connectivity index (χ3v) is 5.20. The minimum Gasteiger partial charge on any atom is -0.353 e. The molecule has 0 N–H and O–H groups in total. The molecule has 1 aliphatic rings. The second-order valence-electron chi connectivity index (χ2n) is 6.27. The van der Waals surface area contributed by atoms with Crippen molar-refractivity contribution in [1.82, 2.24) is 9.88 Å². The molecule has 4 nitrogen and oxygen atoms in total. The Morgan fingerprint density at radius 2 is 1.69 bits per heavy atom. The zero-order valence-corrected chi connectivity index (χ0v) is 15.5. The standard InChI is InChI=1S/C20H17Cl2N3O/c21-15-6-7-17(22)16(13-15)20(26)25-11-9-24(10-12-25)19-8-5-14-3-1-2-4-18(14)23-19/h1-8,13H,9-12H2. The lowest BCUT2D eigenvalue weighted by molar-refractivity contribution is 0.0746. The van der Waals surface area contributed by atoms with Gasteiger partial charge in [0.05, 0.1) is 16.1 Å². The number of hydrogen-bond acceptors (Lipinski definition) is 3. The molecule has 0 unspecified atom stereocenters. The maximum absolute atomic E-state index is 12.7. The van der Waals surface area contributed by atoms with Crippen LogP contribution in [0.2, 0.25) is 10.0 Å². The van der Waals surface area contributed by atoms with E-state index in [9.17, 15) is 4.79 Å². The minimum atomic E-state index is -0.0800. The maximum atomic E-state index is 12.7. The van der Waals surface area contributed by atoms with Crippen molar-refractivity contribution in [3.05, 3.63) is 70.2 Å². The smallest absolute Gasteiger partial charge is 0.255 e. The predicted molar refractivity (Wildman–Crippen MR) is 106 cm³/mol. The molecule has 1 saturated heterocycles. The molecule has 1 amide bonds. The number of para-hydroxylation sites is 1. The summed E-state index contributed by atoms with van der Waals surface area (Å²) in [4.78, 5) is 21.5. The summed E-state index contributed by atoms with van der Waals surface area (Å²) >= 11 is 12.2. The van der Waals surface area contributed by atoms with Gasteiger partial charge in [-0.15, -0.1) is 0 Å². The first-order valence-electron chi connectivity index (χ1n) is 8.47. The van der Waals surface area contributed by atoms with Gasteiger partial charge in [-0.3, -0.25) is 4.79 Å². The zero-order valence-electron chi connectivity index (χ0n) is 14.0. The van der Waals surface area contributed by atoms with Crippen molar-refractivity contribution in [3.8, 4) is 0 Å². The molecule has 0 atom stereocenters. The molecule has 6 heteroatoms. The molecule has 1 aromatic heterocycles. The van der Waals surface area contributed by atoms with Gasteiger partial charge in [-0.2, -0.15) is 0 Å². The fraction of sp³-hybridized carbons (Fsp3) is 0.200. The van der Waals surface area contributed by atoms with Gasteiger partial charge < -0.3 is 9.80 Å². The summed E-state index contributed by atoms with van der Waals surface area (Å²) in [6, 6.07) is 17.2. The quantitative estimate of drug-likeness (QED) is 0.651. The summed E-state index contributed by atoms with van der Waals surface area (Å²) in [5.41, 5.74) is 1.44. The van der Waals surface area contributed by atoms with Gasteiger partial charge >= 0.3 is 0 Å². The van der Waals surface area contributed by atoms with Gasteiger partial charge in [0.25, 0.3) is 5.91 Å². The van der Waals surface area contributed by atoms with Crippen LogP contribution in [-0.2, 0) is 0 Å². The van der Waals surface area contributed by atoms with Crippen LogP contribution < -0.4 is 4.90 Å². The molecule has 0 spiro atoms. The number of piperazine rings is 1. The second kappa shape index (κ2) is 7.14. The third kappa shape index (κ3) is 3.35. The number of anilines is 1. The van der Waals surface area contributed by atoms with Gasteiger partial charge in [0.1, 0.15) is 5.82 Å². The molecule has 1 aliphatic heterocycles. The van der Waals surface area contributed by atoms with Crippen molar-refractivity contribution < 1.29 is 4.79 Å². The number of fused-ring (bicyclic) bond motifs is 1. The first-order valence-corrected chi connectivity index (χ1v) is 9.22. The van der Waals surface area contributed by atoms with Crippen molar-refractivity contribution in [2.24, 2.45) is 0 Å². The van der Waals surface area contributed by atoms with Crippen LogP contribution >= 0.6 is 23.2 Å². The van der Waals surface area contributed by atoms with Crippen molar-refractivity contribution >= 4 is 45.8 Å². The highest BCUT2D eigenvalue weighted by Gasteiger charge is 2.24. The molecule has 26 heavy (non-hydrogen) atoms. The van der Waals surface area contributed by atoms with Crippen molar-refractivity contribution in [2.75, 3.05) is 31.1 Å². The Hall–Kier alpha value is -2.30. The van der Waals surface area contributed by atoms with Gasteiger partial charge in [-0.05, 0) is 36.4 Å². The Bertz CT molecular complexity index is 968. The first-order chi connectivity index (χ1) is 12.6. The number of nitrogens with zero attached hydrogens (tertiary/aromatic N) is 3. The van der Waals surface area contributed by atoms with Crippen molar-refractivity contribution in [2.45, 2.75) is 0 Å². The van der Waals surface area contributed by atoms with Crippen LogP contribution in [0, 0.1) is 0 Å². The predicted octanol–water partition coefficient (Wildman–Crippen LogP) is 4.50. The van der Waals surface area contributed by atoms with E-state index in [1.807, 2.05) is 29.2 Å². The fourth-order valence-corrected chi connectivity index (χ4v) is 3.57. The third-order valence-electron chi connectivity index (χ3n) is 4.63. The number of halogens is 2. The molecule has 0 bridgehead atoms. The monoisotopic (exact) mass is 385 g/mol. The average molecular weight is 386 g/mol. The molecule has 0 aliphatic carbocycles. The number of hydrogen-bond donors (Lipinski definition) is 0. The van der Waals surface area contributed by atoms with E-state index in [4.69, 9.17) is 28.2 Å². The number of aromatic nitrogens is 1. The van der Waals surface area contributed by atoms with Crippen molar-refractivity contribution in [1.29, 1.82) is 0 Å². The molecular formula is C20H17Cl2N3O. The van der Waals surface area contributed by atoms with Gasteiger partial charge in [-0.1, -0.05) is 41.4 Å². The number of carbonyl (C=O) groups excluding carboxylic acids is 1. The van der Waals surface area contributed by atoms with Crippen molar-refractivity contribution in [3.63, 3.8) is 0 Å². The van der Waals surface area contributed by atoms with E-state index in [0.717, 1.165) is 29.8 Å². The fourth-order valence-electron chi connectivity index (χ4n) is 3.20. The lowest BCUT2D eigenvalue weighted by Crippen LogP contribution is -2.49. The highest BCUT2D eigenvalue weighted by atomic mass is 35.5. The average Bonchev–Trinajstić information content (AvgIpc) is 2.69. The maximum Gasteiger partial charge on any atom is 0.255 e. The van der Waals surface area contributed by atoms with Crippen LogP contribution in [0.15, 0.2) is 54.6 Å². The summed E-state index contributed by atoms with van der Waals surface area (Å²) in [6.07, 6.45) is 0. The van der Waals surface area contributed by atoms with Crippen LogP contribution in [-0.4, -0.2) is 42.0 Å². The number of pyridine rings is 1. The molecule has 0 radical (unpaired) electrons. The molecule has 4 rings (SSSR count). The molecule has 0 saturated carbocycles. The number of rotatable bonds is 2. The topological polar surface area (TPSA) is 36.4 Å². The first kappa shape index (κ1) is 17.1. The van der Waals surface area contributed by atoms with Crippen LogP contribution in [0.4, 0.5) is 5.82 Å². The molecule has 1 fully saturated rings. The molecule has 132 valence electrons. The molecule has 2 heterocycles. The largest absolute Gasteiger partial charge is 0.353 e. The molecular weight excluding hydrogens is 369 g/mol. The number of amides is 1. The highest BCUT2D eigenvalue weighted by Crippen LogP contribution is 2.24. The lowest BCUT2D eigenvalue weighted by Gasteiger charge is -2.35. The summed E-state index contributed by atoms with van der Waals surface area (Å²) in [5, 5.41) is 2.07. The zero-order chi connectivity index (χ0) is 18.1. The number of benzene rings is 2. The Kier molecular flexibility index (Phi) is 4.70. The lowest BCUT2D eigenvalue weighted by atomic mass is 10.1. The van der Waals surface area contributed by atoms with Gasteiger partial charge in [0.15, 0.2) is 0 Å². The minimum absolute atomic E-state index is 0.0800. The molecule has 2 aromatic carbocycles. The normalized spacial score (nSPS) is 14.7. The Labute approximate surface area is 161 Å². The Morgan fingerprint density at radius 1 is 0.923 bits per heavy atom. The van der Waals surface area contributed by atoms with Crippen LogP contribution in [0.25, 0.3) is 10.9 Å². The summed E-state index contributed by atoms with van der Waals surface area (Å²) in [5.74, 6) is 0.861. The van der Waals surface area contributed by atoms with E-state index < -0.39 is 0 Å². The van der Waals surface area contributed by atoms with E-state index in [1.54, 1.807) is 18.2 Å². The van der Waals surface area contributed by atoms with Gasteiger partial charge in [0, 0.05) is 36.6 Å². The van der Waals surface area contributed by atoms with Gasteiger partial charge in [-0.25, -0.2) is 4.98 Å². The van der Waals surface area contributed by atoms with Crippen LogP contribution in [0.5, 0.6) is 0 Å². The van der Waals surface area contributed by atoms with Gasteiger partial charge in [0.2, 0.25) is 0 Å². The summed E-state index contributed by atoms with van der Waals surface area (Å²) in [7, 11) is 0. The van der Waals surface area contributed by atoms with Crippen LogP contribution in [0.3, 0.4) is 0 Å². The number of carbonyl (C=O) groups is 1. The molecule has 3 aromatic rings. The SMILES string of the molecule is O=C(c1cc(Cl)ccc1Cl)N1CCN(c2ccc3ccccc3n2)CC1. The van der Waals surface area contributed by atoms with E-state index >= 15 is 0 Å². The van der Waals surface area contributed by atoms with E-state index in [-0.39, 0.29) is 5.91 Å². The summed E-state index contributed by atoms with van der Waals surface area (Å²) < 4.78 is 0. The van der Waals surface area contributed by atoms with Crippen LogP contribution in [0.1, 0.15) is 10.4 Å². The second-order valence-corrected chi connectivity index (χ2v) is 7.11. The Morgan fingerprint density at radius 3 is 2.50 bits per heavy atom. The highest BCUT2D eigenvalue weighted by molar-refractivity contribution is 6.35. The summed E-state index contributed by atoms with van der Waals surface area (Å²) in [6.45, 7) is 2.71. The Balaban J connectivity index is 1.48. The van der Waals surface area contributed by atoms with E-state index in [1.165, 1.54) is 0 Å². The van der Waals surface area contributed by atoms with E-state index in [0.29, 0.717) is 28.7 Å². The van der Waals surface area contributed by atoms with E-state index in [2.05, 4.69) is 17.0 Å².